The molecule has 5 rings (SSSR count). The molecule has 0 saturated carbocycles. The van der Waals surface area contributed by atoms with Crippen molar-refractivity contribution < 1.29 is 4.79 Å². The fourth-order valence-corrected chi connectivity index (χ4v) is 5.94. The minimum absolute atomic E-state index is 0.152. The predicted octanol–water partition coefficient (Wildman–Crippen LogP) is 5.82. The number of aromatic nitrogens is 6. The first-order chi connectivity index (χ1) is 18.0. The molecule has 3 aromatic heterocycles. The molecule has 0 aliphatic heterocycles. The number of anilines is 1. The number of para-hydroxylation sites is 1. The van der Waals surface area contributed by atoms with E-state index in [1.807, 2.05) is 90.5 Å². The van der Waals surface area contributed by atoms with Gasteiger partial charge in [-0.2, -0.15) is 0 Å². The van der Waals surface area contributed by atoms with Crippen molar-refractivity contribution in [1.82, 2.24) is 29.7 Å². The molecule has 3 heterocycles. The molecule has 11 heteroatoms. The largest absolute Gasteiger partial charge is 0.301 e. The Hall–Kier alpha value is -3.54. The third kappa shape index (κ3) is 6.43. The zero-order valence-electron chi connectivity index (χ0n) is 20.2. The van der Waals surface area contributed by atoms with Gasteiger partial charge in [-0.05, 0) is 32.0 Å². The van der Waals surface area contributed by atoms with Crippen molar-refractivity contribution in [3.63, 3.8) is 0 Å². The lowest BCUT2D eigenvalue weighted by molar-refractivity contribution is -0.113. The molecule has 1 N–H and O–H groups in total. The van der Waals surface area contributed by atoms with Gasteiger partial charge in [-0.1, -0.05) is 72.1 Å². The zero-order chi connectivity index (χ0) is 25.6. The van der Waals surface area contributed by atoms with Gasteiger partial charge in [-0.25, -0.2) is 15.0 Å². The number of aryl methyl sites for hydroxylation is 2. The summed E-state index contributed by atoms with van der Waals surface area (Å²) in [5, 5.41) is 15.6. The number of amides is 1. The van der Waals surface area contributed by atoms with Crippen molar-refractivity contribution in [2.24, 2.45) is 0 Å². The highest BCUT2D eigenvalue weighted by atomic mass is 32.2. The van der Waals surface area contributed by atoms with E-state index in [9.17, 15) is 4.79 Å². The standard InChI is InChI=1S/C26H23N7OS3/c1-17-13-18(2)28-24(27-17)36-15-22-31-32-26(33(22)20-11-7-4-8-12-20)37-16-23(34)30-25-29-21(14-35-25)19-9-5-3-6-10-19/h3-14H,15-16H2,1-2H3,(H,29,30,34). The van der Waals surface area contributed by atoms with Crippen LogP contribution in [0.5, 0.6) is 0 Å². The van der Waals surface area contributed by atoms with Gasteiger partial charge in [0.25, 0.3) is 0 Å². The van der Waals surface area contributed by atoms with Crippen LogP contribution < -0.4 is 5.32 Å². The Morgan fingerprint density at radius 2 is 1.62 bits per heavy atom. The Morgan fingerprint density at radius 1 is 0.919 bits per heavy atom. The van der Waals surface area contributed by atoms with E-state index < -0.39 is 0 Å². The van der Waals surface area contributed by atoms with Gasteiger partial charge < -0.3 is 5.32 Å². The van der Waals surface area contributed by atoms with Gasteiger partial charge in [0.05, 0.1) is 17.2 Å². The lowest BCUT2D eigenvalue weighted by Gasteiger charge is -2.10. The van der Waals surface area contributed by atoms with E-state index in [-0.39, 0.29) is 11.7 Å². The number of carbonyl (C=O) groups is 1. The number of thiazole rings is 1. The number of thioether (sulfide) groups is 2. The highest BCUT2D eigenvalue weighted by molar-refractivity contribution is 7.99. The molecule has 0 radical (unpaired) electrons. The molecule has 1 amide bonds. The first kappa shape index (κ1) is 25.1. The molecule has 0 atom stereocenters. The first-order valence-electron chi connectivity index (χ1n) is 11.4. The number of nitrogens with one attached hydrogen (secondary N) is 1. The molecular weight excluding hydrogens is 523 g/mol. The third-order valence-electron chi connectivity index (χ3n) is 5.16. The number of carbonyl (C=O) groups excluding carboxylic acids is 1. The van der Waals surface area contributed by atoms with Crippen molar-refractivity contribution in [2.45, 2.75) is 29.9 Å². The minimum Gasteiger partial charge on any atom is -0.301 e. The van der Waals surface area contributed by atoms with Crippen molar-refractivity contribution in [1.29, 1.82) is 0 Å². The van der Waals surface area contributed by atoms with Crippen LogP contribution in [0.25, 0.3) is 16.9 Å². The fourth-order valence-electron chi connectivity index (χ4n) is 3.57. The SMILES string of the molecule is Cc1cc(C)nc(SCc2nnc(SCC(=O)Nc3nc(-c4ccccc4)cs3)n2-c2ccccc2)n1. The molecule has 2 aromatic carbocycles. The Kier molecular flexibility index (Phi) is 7.93. The maximum Gasteiger partial charge on any atom is 0.236 e. The molecule has 37 heavy (non-hydrogen) atoms. The third-order valence-corrected chi connectivity index (χ3v) is 7.69. The normalized spacial score (nSPS) is 11.0. The van der Waals surface area contributed by atoms with Crippen LogP contribution in [0.4, 0.5) is 5.13 Å². The molecular formula is C26H23N7OS3. The smallest absolute Gasteiger partial charge is 0.236 e. The van der Waals surface area contributed by atoms with Crippen LogP contribution in [-0.4, -0.2) is 41.4 Å². The van der Waals surface area contributed by atoms with Gasteiger partial charge in [-0.3, -0.25) is 9.36 Å². The summed E-state index contributed by atoms with van der Waals surface area (Å²) in [6, 6.07) is 21.7. The maximum absolute atomic E-state index is 12.7. The highest BCUT2D eigenvalue weighted by Gasteiger charge is 2.17. The van der Waals surface area contributed by atoms with Crippen LogP contribution in [0.3, 0.4) is 0 Å². The van der Waals surface area contributed by atoms with Gasteiger partial charge >= 0.3 is 0 Å². The average Bonchev–Trinajstić information content (AvgIpc) is 3.54. The van der Waals surface area contributed by atoms with E-state index in [0.29, 0.717) is 21.2 Å². The van der Waals surface area contributed by atoms with Crippen LogP contribution in [-0.2, 0) is 10.5 Å². The predicted molar refractivity (Wildman–Crippen MR) is 149 cm³/mol. The molecule has 8 nitrogen and oxygen atoms in total. The lowest BCUT2D eigenvalue weighted by atomic mass is 10.2. The second kappa shape index (κ2) is 11.7. The number of hydrogen-bond donors (Lipinski definition) is 1. The van der Waals surface area contributed by atoms with E-state index in [1.165, 1.54) is 34.9 Å². The maximum atomic E-state index is 12.7. The van der Waals surface area contributed by atoms with Gasteiger partial charge in [-0.15, -0.1) is 21.5 Å². The number of hydrogen-bond acceptors (Lipinski definition) is 9. The van der Waals surface area contributed by atoms with Gasteiger partial charge in [0.15, 0.2) is 15.4 Å². The molecule has 0 aliphatic rings. The topological polar surface area (TPSA) is 98.5 Å². The van der Waals surface area contributed by atoms with Gasteiger partial charge in [0, 0.05) is 28.0 Å². The highest BCUT2D eigenvalue weighted by Crippen LogP contribution is 2.28. The van der Waals surface area contributed by atoms with Crippen molar-refractivity contribution in [3.8, 4) is 16.9 Å². The van der Waals surface area contributed by atoms with E-state index in [2.05, 4.69) is 30.5 Å². The van der Waals surface area contributed by atoms with Crippen LogP contribution in [0.2, 0.25) is 0 Å². The monoisotopic (exact) mass is 545 g/mol. The lowest BCUT2D eigenvalue weighted by Crippen LogP contribution is -2.14. The average molecular weight is 546 g/mol. The molecule has 0 aliphatic carbocycles. The second-order valence-corrected chi connectivity index (χ2v) is 10.8. The van der Waals surface area contributed by atoms with Gasteiger partial charge in [0.2, 0.25) is 5.91 Å². The van der Waals surface area contributed by atoms with E-state index >= 15 is 0 Å². The molecule has 0 spiro atoms. The van der Waals surface area contributed by atoms with Gasteiger partial charge in [0.1, 0.15) is 5.82 Å². The van der Waals surface area contributed by atoms with E-state index in [0.717, 1.165) is 34.2 Å². The minimum atomic E-state index is -0.152. The molecule has 0 bridgehead atoms. The summed E-state index contributed by atoms with van der Waals surface area (Å²) in [4.78, 5) is 26.3. The van der Waals surface area contributed by atoms with Crippen molar-refractivity contribution in [3.05, 3.63) is 89.3 Å². The second-order valence-electron chi connectivity index (χ2n) is 8.03. The zero-order valence-corrected chi connectivity index (χ0v) is 22.6. The molecule has 5 aromatic rings. The Morgan fingerprint density at radius 3 is 2.35 bits per heavy atom. The summed E-state index contributed by atoms with van der Waals surface area (Å²) >= 11 is 4.25. The first-order valence-corrected chi connectivity index (χ1v) is 14.3. The Bertz CT molecular complexity index is 1480. The van der Waals surface area contributed by atoms with E-state index in [4.69, 9.17) is 0 Å². The van der Waals surface area contributed by atoms with Crippen LogP contribution >= 0.6 is 34.9 Å². The number of benzene rings is 2. The summed E-state index contributed by atoms with van der Waals surface area (Å²) in [5.74, 6) is 1.33. The molecule has 0 fully saturated rings. The quantitative estimate of drug-likeness (QED) is 0.183. The van der Waals surface area contributed by atoms with Crippen LogP contribution in [0.15, 0.2) is 82.4 Å². The van der Waals surface area contributed by atoms with Crippen LogP contribution in [0, 0.1) is 13.8 Å². The summed E-state index contributed by atoms with van der Waals surface area (Å²) < 4.78 is 1.98. The summed E-state index contributed by atoms with van der Waals surface area (Å²) in [6.45, 7) is 3.92. The summed E-state index contributed by atoms with van der Waals surface area (Å²) in [5.41, 5.74) is 4.64. The summed E-state index contributed by atoms with van der Waals surface area (Å²) in [6.07, 6.45) is 0. The number of rotatable bonds is 9. The van der Waals surface area contributed by atoms with Crippen molar-refractivity contribution in [2.75, 3.05) is 11.1 Å². The molecule has 0 saturated heterocycles. The van der Waals surface area contributed by atoms with Crippen LogP contribution in [0.1, 0.15) is 17.2 Å². The Balaban J connectivity index is 1.28. The van der Waals surface area contributed by atoms with Crippen molar-refractivity contribution >= 4 is 45.9 Å². The molecule has 0 unspecified atom stereocenters. The Labute approximate surface area is 227 Å². The fraction of sp³-hybridized carbons (Fsp3) is 0.154. The molecule has 186 valence electrons. The summed E-state index contributed by atoms with van der Waals surface area (Å²) in [7, 11) is 0. The van der Waals surface area contributed by atoms with E-state index in [1.54, 1.807) is 0 Å². The number of nitrogens with zero attached hydrogens (tertiary/aromatic N) is 6.